The first kappa shape index (κ1) is 11.9. The number of rotatable bonds is 2. The SMILES string of the molecule is CC1(C(=O)O)CCC(N2CCCCC2)CC1. The highest BCUT2D eigenvalue weighted by molar-refractivity contribution is 5.74. The Morgan fingerprint density at radius 2 is 1.75 bits per heavy atom. The molecule has 0 spiro atoms. The highest BCUT2D eigenvalue weighted by Crippen LogP contribution is 2.38. The number of aliphatic carboxylic acids is 1. The molecular weight excluding hydrogens is 202 g/mol. The molecule has 0 aromatic heterocycles. The van der Waals surface area contributed by atoms with Gasteiger partial charge in [0.1, 0.15) is 0 Å². The van der Waals surface area contributed by atoms with E-state index in [1.807, 2.05) is 6.92 Å². The molecule has 0 aromatic rings. The van der Waals surface area contributed by atoms with Gasteiger partial charge in [-0.3, -0.25) is 4.79 Å². The Labute approximate surface area is 97.8 Å². The van der Waals surface area contributed by atoms with Crippen molar-refractivity contribution in [3.8, 4) is 0 Å². The molecular formula is C13H23NO2. The second-order valence-electron chi connectivity index (χ2n) is 5.69. The Morgan fingerprint density at radius 1 is 1.19 bits per heavy atom. The van der Waals surface area contributed by atoms with E-state index >= 15 is 0 Å². The summed E-state index contributed by atoms with van der Waals surface area (Å²) in [5.41, 5.74) is -0.452. The van der Waals surface area contributed by atoms with Crippen molar-refractivity contribution in [3.63, 3.8) is 0 Å². The zero-order valence-electron chi connectivity index (χ0n) is 10.2. The molecule has 1 N–H and O–H groups in total. The van der Waals surface area contributed by atoms with Crippen molar-refractivity contribution in [2.75, 3.05) is 13.1 Å². The van der Waals surface area contributed by atoms with Crippen LogP contribution in [0.3, 0.4) is 0 Å². The fraction of sp³-hybridized carbons (Fsp3) is 0.923. The summed E-state index contributed by atoms with van der Waals surface area (Å²) >= 11 is 0. The van der Waals surface area contributed by atoms with E-state index in [9.17, 15) is 9.90 Å². The van der Waals surface area contributed by atoms with Gasteiger partial charge < -0.3 is 10.0 Å². The van der Waals surface area contributed by atoms with Crippen molar-refractivity contribution >= 4 is 5.97 Å². The van der Waals surface area contributed by atoms with Gasteiger partial charge >= 0.3 is 5.97 Å². The minimum absolute atomic E-state index is 0.452. The average molecular weight is 225 g/mol. The van der Waals surface area contributed by atoms with Gasteiger partial charge in [0.05, 0.1) is 5.41 Å². The van der Waals surface area contributed by atoms with Gasteiger partial charge in [-0.1, -0.05) is 6.42 Å². The van der Waals surface area contributed by atoms with Crippen LogP contribution < -0.4 is 0 Å². The Morgan fingerprint density at radius 3 is 2.25 bits per heavy atom. The number of piperidine rings is 1. The van der Waals surface area contributed by atoms with E-state index < -0.39 is 11.4 Å². The van der Waals surface area contributed by atoms with Gasteiger partial charge in [-0.15, -0.1) is 0 Å². The van der Waals surface area contributed by atoms with Crippen LogP contribution in [0.4, 0.5) is 0 Å². The van der Waals surface area contributed by atoms with Crippen LogP contribution in [0.15, 0.2) is 0 Å². The van der Waals surface area contributed by atoms with Gasteiger partial charge in [0.25, 0.3) is 0 Å². The molecule has 0 radical (unpaired) electrons. The Balaban J connectivity index is 1.87. The normalized spacial score (nSPS) is 37.2. The minimum Gasteiger partial charge on any atom is -0.481 e. The lowest BCUT2D eigenvalue weighted by Crippen LogP contribution is -2.44. The summed E-state index contributed by atoms with van der Waals surface area (Å²) in [5.74, 6) is -0.607. The first-order valence-electron chi connectivity index (χ1n) is 6.59. The quantitative estimate of drug-likeness (QED) is 0.785. The van der Waals surface area contributed by atoms with Crippen molar-refractivity contribution in [1.82, 2.24) is 4.90 Å². The maximum Gasteiger partial charge on any atom is 0.309 e. The van der Waals surface area contributed by atoms with Crippen LogP contribution in [0, 0.1) is 5.41 Å². The molecule has 1 saturated heterocycles. The average Bonchev–Trinajstić information content (AvgIpc) is 2.31. The summed E-state index contributed by atoms with van der Waals surface area (Å²) in [6.45, 7) is 4.37. The minimum atomic E-state index is -0.607. The molecule has 0 amide bonds. The first-order chi connectivity index (χ1) is 7.62. The van der Waals surface area contributed by atoms with Crippen molar-refractivity contribution in [1.29, 1.82) is 0 Å². The molecule has 1 heterocycles. The third-order valence-electron chi connectivity index (χ3n) is 4.48. The van der Waals surface area contributed by atoms with Crippen LogP contribution in [0.25, 0.3) is 0 Å². The molecule has 0 aromatic carbocycles. The van der Waals surface area contributed by atoms with E-state index in [4.69, 9.17) is 0 Å². The largest absolute Gasteiger partial charge is 0.481 e. The zero-order chi connectivity index (χ0) is 11.6. The molecule has 2 aliphatic rings. The molecule has 1 saturated carbocycles. The van der Waals surface area contributed by atoms with Crippen molar-refractivity contribution < 1.29 is 9.90 Å². The fourth-order valence-corrected chi connectivity index (χ4v) is 3.10. The maximum atomic E-state index is 11.1. The summed E-state index contributed by atoms with van der Waals surface area (Å²) in [5, 5.41) is 9.18. The predicted molar refractivity (Wildman–Crippen MR) is 63.4 cm³/mol. The van der Waals surface area contributed by atoms with Gasteiger partial charge in [-0.05, 0) is 58.5 Å². The summed E-state index contributed by atoms with van der Waals surface area (Å²) in [6, 6.07) is 0.660. The lowest BCUT2D eigenvalue weighted by atomic mass is 9.73. The molecule has 3 nitrogen and oxygen atoms in total. The molecule has 2 fully saturated rings. The maximum absolute atomic E-state index is 11.1. The van der Waals surface area contributed by atoms with Gasteiger partial charge in [0, 0.05) is 6.04 Å². The van der Waals surface area contributed by atoms with E-state index in [2.05, 4.69) is 4.90 Å². The topological polar surface area (TPSA) is 40.5 Å². The number of carboxylic acids is 1. The lowest BCUT2D eigenvalue weighted by Gasteiger charge is -2.41. The highest BCUT2D eigenvalue weighted by atomic mass is 16.4. The van der Waals surface area contributed by atoms with Crippen molar-refractivity contribution in [2.24, 2.45) is 5.41 Å². The van der Waals surface area contributed by atoms with Gasteiger partial charge in [0.2, 0.25) is 0 Å². The van der Waals surface area contributed by atoms with E-state index in [1.165, 1.54) is 32.4 Å². The molecule has 3 heteroatoms. The monoisotopic (exact) mass is 225 g/mol. The smallest absolute Gasteiger partial charge is 0.309 e. The van der Waals surface area contributed by atoms with Crippen molar-refractivity contribution in [2.45, 2.75) is 57.9 Å². The number of hydrogen-bond acceptors (Lipinski definition) is 2. The zero-order valence-corrected chi connectivity index (χ0v) is 10.2. The molecule has 0 atom stereocenters. The number of nitrogens with zero attached hydrogens (tertiary/aromatic N) is 1. The summed E-state index contributed by atoms with van der Waals surface area (Å²) in [6.07, 6.45) is 7.87. The van der Waals surface area contributed by atoms with Gasteiger partial charge in [-0.25, -0.2) is 0 Å². The molecule has 2 rings (SSSR count). The molecule has 0 unspecified atom stereocenters. The summed E-state index contributed by atoms with van der Waals surface area (Å²) in [7, 11) is 0. The second kappa shape index (κ2) is 4.74. The van der Waals surface area contributed by atoms with Crippen LogP contribution in [0.2, 0.25) is 0 Å². The highest BCUT2D eigenvalue weighted by Gasteiger charge is 2.38. The van der Waals surface area contributed by atoms with Crippen LogP contribution in [-0.2, 0) is 4.79 Å². The number of carboxylic acid groups (broad SMARTS) is 1. The number of carbonyl (C=O) groups is 1. The number of likely N-dealkylation sites (tertiary alicyclic amines) is 1. The standard InChI is InChI=1S/C13H23NO2/c1-13(12(15)16)7-5-11(6-8-13)14-9-3-2-4-10-14/h11H,2-10H2,1H3,(H,15,16). The Bertz CT molecular complexity index is 251. The van der Waals surface area contributed by atoms with Crippen LogP contribution in [-0.4, -0.2) is 35.1 Å². The summed E-state index contributed by atoms with van der Waals surface area (Å²) < 4.78 is 0. The molecule has 92 valence electrons. The molecule has 0 bridgehead atoms. The Kier molecular flexibility index (Phi) is 3.53. The number of hydrogen-bond donors (Lipinski definition) is 1. The van der Waals surface area contributed by atoms with Crippen LogP contribution in [0.5, 0.6) is 0 Å². The molecule has 1 aliphatic carbocycles. The fourth-order valence-electron chi connectivity index (χ4n) is 3.10. The second-order valence-corrected chi connectivity index (χ2v) is 5.69. The molecule has 1 aliphatic heterocycles. The van der Waals surface area contributed by atoms with E-state index in [0.717, 1.165) is 25.7 Å². The van der Waals surface area contributed by atoms with Gasteiger partial charge in [-0.2, -0.15) is 0 Å². The third kappa shape index (κ3) is 2.40. The van der Waals surface area contributed by atoms with E-state index in [-0.39, 0.29) is 0 Å². The van der Waals surface area contributed by atoms with E-state index in [0.29, 0.717) is 6.04 Å². The summed E-state index contributed by atoms with van der Waals surface area (Å²) in [4.78, 5) is 13.7. The van der Waals surface area contributed by atoms with E-state index in [1.54, 1.807) is 0 Å². The predicted octanol–water partition coefficient (Wildman–Crippen LogP) is 2.51. The molecule has 16 heavy (non-hydrogen) atoms. The third-order valence-corrected chi connectivity index (χ3v) is 4.48. The van der Waals surface area contributed by atoms with Crippen molar-refractivity contribution in [3.05, 3.63) is 0 Å². The van der Waals surface area contributed by atoms with Crippen LogP contribution in [0.1, 0.15) is 51.9 Å². The van der Waals surface area contributed by atoms with Gasteiger partial charge in [0.15, 0.2) is 0 Å². The van der Waals surface area contributed by atoms with Crippen LogP contribution >= 0.6 is 0 Å². The Hall–Kier alpha value is -0.570. The first-order valence-corrected chi connectivity index (χ1v) is 6.59. The lowest BCUT2D eigenvalue weighted by molar-refractivity contribution is -0.150.